The van der Waals surface area contributed by atoms with Gasteiger partial charge in [-0.25, -0.2) is 9.48 Å². The molecule has 0 bridgehead atoms. The second-order valence-corrected chi connectivity index (χ2v) is 5.48. The minimum absolute atomic E-state index is 0.00620. The van der Waals surface area contributed by atoms with Crippen LogP contribution in [0.2, 0.25) is 0 Å². The number of rotatable bonds is 3. The maximum absolute atomic E-state index is 11.2. The molecular weight excluding hydrogens is 310 g/mol. The summed E-state index contributed by atoms with van der Waals surface area (Å²) in [6.45, 7) is 5.83. The van der Waals surface area contributed by atoms with Gasteiger partial charge in [0.15, 0.2) is 5.69 Å². The molecule has 0 aliphatic heterocycles. The third-order valence-electron chi connectivity index (χ3n) is 2.85. The second kappa shape index (κ2) is 5.13. The summed E-state index contributed by atoms with van der Waals surface area (Å²) in [6.07, 6.45) is 0. The molecule has 1 heterocycles. The number of aryl methyl sites for hydroxylation is 1. The van der Waals surface area contributed by atoms with Gasteiger partial charge in [-0.3, -0.25) is 0 Å². The zero-order chi connectivity index (χ0) is 14.2. The molecular formula is C13H14BrN3O2. The zero-order valence-electron chi connectivity index (χ0n) is 10.9. The van der Waals surface area contributed by atoms with Gasteiger partial charge in [0.05, 0.1) is 11.4 Å². The lowest BCUT2D eigenvalue weighted by Crippen LogP contribution is -2.08. The Labute approximate surface area is 119 Å². The van der Waals surface area contributed by atoms with Crippen LogP contribution in [0, 0.1) is 6.92 Å². The number of aromatic carboxylic acids is 1. The lowest BCUT2D eigenvalue weighted by atomic mass is 10.1. The highest BCUT2D eigenvalue weighted by molar-refractivity contribution is 9.10. The van der Waals surface area contributed by atoms with Crippen LogP contribution in [-0.2, 0) is 0 Å². The number of hydrogen-bond acceptors (Lipinski definition) is 3. The van der Waals surface area contributed by atoms with Gasteiger partial charge in [0, 0.05) is 4.47 Å². The monoisotopic (exact) mass is 323 g/mol. The van der Waals surface area contributed by atoms with Gasteiger partial charge in [-0.2, -0.15) is 0 Å². The van der Waals surface area contributed by atoms with E-state index in [2.05, 4.69) is 26.2 Å². The molecule has 0 spiro atoms. The number of carboxylic acids is 1. The minimum Gasteiger partial charge on any atom is -0.476 e. The summed E-state index contributed by atoms with van der Waals surface area (Å²) in [4.78, 5) is 11.2. The lowest BCUT2D eigenvalue weighted by Gasteiger charge is -2.10. The Kier molecular flexibility index (Phi) is 3.71. The number of benzene rings is 1. The largest absolute Gasteiger partial charge is 0.476 e. The Morgan fingerprint density at radius 2 is 2.11 bits per heavy atom. The SMILES string of the molecule is Cc1ccc(-n2nnc(C(=O)O)c2C(C)C)cc1Br. The van der Waals surface area contributed by atoms with Gasteiger partial charge in [-0.1, -0.05) is 41.1 Å². The highest BCUT2D eigenvalue weighted by Gasteiger charge is 2.22. The van der Waals surface area contributed by atoms with Crippen LogP contribution in [0.25, 0.3) is 5.69 Å². The average Bonchev–Trinajstić information content (AvgIpc) is 2.77. The summed E-state index contributed by atoms with van der Waals surface area (Å²) in [5.74, 6) is -1.04. The van der Waals surface area contributed by atoms with Crippen molar-refractivity contribution in [1.82, 2.24) is 15.0 Å². The molecule has 0 atom stereocenters. The molecule has 0 unspecified atom stereocenters. The first-order valence-electron chi connectivity index (χ1n) is 5.87. The van der Waals surface area contributed by atoms with Crippen LogP contribution in [0.3, 0.4) is 0 Å². The van der Waals surface area contributed by atoms with Crippen LogP contribution in [-0.4, -0.2) is 26.1 Å². The van der Waals surface area contributed by atoms with Crippen molar-refractivity contribution in [2.75, 3.05) is 0 Å². The van der Waals surface area contributed by atoms with Gasteiger partial charge >= 0.3 is 5.97 Å². The number of carboxylic acid groups (broad SMARTS) is 1. The first kappa shape index (κ1) is 13.7. The van der Waals surface area contributed by atoms with Crippen LogP contribution in [0.4, 0.5) is 0 Å². The maximum atomic E-state index is 11.2. The molecule has 0 radical (unpaired) electrons. The van der Waals surface area contributed by atoms with Crippen LogP contribution in [0.15, 0.2) is 22.7 Å². The molecule has 0 amide bonds. The van der Waals surface area contributed by atoms with Crippen LogP contribution >= 0.6 is 15.9 Å². The van der Waals surface area contributed by atoms with Crippen LogP contribution in [0.5, 0.6) is 0 Å². The molecule has 19 heavy (non-hydrogen) atoms. The predicted octanol–water partition coefficient (Wildman–Crippen LogP) is 3.16. The van der Waals surface area contributed by atoms with E-state index in [1.807, 2.05) is 39.0 Å². The minimum atomic E-state index is -1.05. The van der Waals surface area contributed by atoms with E-state index in [1.165, 1.54) is 0 Å². The van der Waals surface area contributed by atoms with Gasteiger partial charge < -0.3 is 5.11 Å². The van der Waals surface area contributed by atoms with Crippen LogP contribution in [0.1, 0.15) is 41.5 Å². The number of hydrogen-bond donors (Lipinski definition) is 1. The molecule has 0 fully saturated rings. The number of halogens is 1. The maximum Gasteiger partial charge on any atom is 0.358 e. The van der Waals surface area contributed by atoms with E-state index in [0.717, 1.165) is 15.7 Å². The van der Waals surface area contributed by atoms with Gasteiger partial charge in [0.2, 0.25) is 0 Å². The fourth-order valence-electron chi connectivity index (χ4n) is 1.86. The van der Waals surface area contributed by atoms with Gasteiger partial charge in [-0.15, -0.1) is 5.10 Å². The summed E-state index contributed by atoms with van der Waals surface area (Å²) in [5, 5.41) is 16.9. The average molecular weight is 324 g/mol. The Balaban J connectivity index is 2.62. The fourth-order valence-corrected chi connectivity index (χ4v) is 2.23. The van der Waals surface area contributed by atoms with Crippen LogP contribution < -0.4 is 0 Å². The van der Waals surface area contributed by atoms with E-state index < -0.39 is 5.97 Å². The van der Waals surface area contributed by atoms with E-state index in [-0.39, 0.29) is 11.6 Å². The van der Waals surface area contributed by atoms with Crippen molar-refractivity contribution in [3.05, 3.63) is 39.6 Å². The molecule has 0 saturated heterocycles. The molecule has 1 aromatic heterocycles. The second-order valence-electron chi connectivity index (χ2n) is 4.63. The number of carbonyl (C=O) groups is 1. The van der Waals surface area contributed by atoms with Crippen molar-refractivity contribution < 1.29 is 9.90 Å². The highest BCUT2D eigenvalue weighted by Crippen LogP contribution is 2.24. The van der Waals surface area contributed by atoms with E-state index in [0.29, 0.717) is 5.69 Å². The highest BCUT2D eigenvalue weighted by atomic mass is 79.9. The van der Waals surface area contributed by atoms with E-state index in [1.54, 1.807) is 4.68 Å². The Morgan fingerprint density at radius 3 is 2.63 bits per heavy atom. The number of nitrogens with zero attached hydrogens (tertiary/aromatic N) is 3. The molecule has 1 N–H and O–H groups in total. The first-order chi connectivity index (χ1) is 8.91. The molecule has 1 aromatic carbocycles. The standard InChI is InChI=1S/C13H14BrN3O2/c1-7(2)12-11(13(18)19)15-16-17(12)9-5-4-8(3)10(14)6-9/h4-7H,1-3H3,(H,18,19). The van der Waals surface area contributed by atoms with Gasteiger partial charge in [0.25, 0.3) is 0 Å². The summed E-state index contributed by atoms with van der Waals surface area (Å²) in [5.41, 5.74) is 2.50. The van der Waals surface area contributed by atoms with Crippen molar-refractivity contribution in [1.29, 1.82) is 0 Å². The third-order valence-corrected chi connectivity index (χ3v) is 3.71. The first-order valence-corrected chi connectivity index (χ1v) is 6.66. The molecule has 0 aliphatic carbocycles. The predicted molar refractivity (Wildman–Crippen MR) is 74.8 cm³/mol. The smallest absolute Gasteiger partial charge is 0.358 e. The third kappa shape index (κ3) is 2.53. The molecule has 100 valence electrons. The van der Waals surface area contributed by atoms with E-state index in [9.17, 15) is 4.79 Å². The Morgan fingerprint density at radius 1 is 1.42 bits per heavy atom. The molecule has 5 nitrogen and oxygen atoms in total. The molecule has 6 heteroatoms. The summed E-state index contributed by atoms with van der Waals surface area (Å²) < 4.78 is 2.53. The lowest BCUT2D eigenvalue weighted by molar-refractivity contribution is 0.0688. The molecule has 0 aliphatic rings. The fraction of sp³-hybridized carbons (Fsp3) is 0.308. The Bertz CT molecular complexity index is 635. The summed E-state index contributed by atoms with van der Waals surface area (Å²) in [6, 6.07) is 5.75. The topological polar surface area (TPSA) is 68.0 Å². The molecule has 2 rings (SSSR count). The Hall–Kier alpha value is -1.69. The van der Waals surface area contributed by atoms with E-state index >= 15 is 0 Å². The van der Waals surface area contributed by atoms with Crippen molar-refractivity contribution in [3.8, 4) is 5.69 Å². The molecule has 0 saturated carbocycles. The summed E-state index contributed by atoms with van der Waals surface area (Å²) >= 11 is 3.46. The van der Waals surface area contributed by atoms with Crippen molar-refractivity contribution >= 4 is 21.9 Å². The molecule has 2 aromatic rings. The van der Waals surface area contributed by atoms with Crippen molar-refractivity contribution in [3.63, 3.8) is 0 Å². The van der Waals surface area contributed by atoms with Gasteiger partial charge in [-0.05, 0) is 30.5 Å². The van der Waals surface area contributed by atoms with Crippen molar-refractivity contribution in [2.24, 2.45) is 0 Å². The van der Waals surface area contributed by atoms with Gasteiger partial charge in [0.1, 0.15) is 0 Å². The normalized spacial score (nSPS) is 11.0. The zero-order valence-corrected chi connectivity index (χ0v) is 12.5. The quantitative estimate of drug-likeness (QED) is 0.942. The van der Waals surface area contributed by atoms with E-state index in [4.69, 9.17) is 5.11 Å². The number of aromatic nitrogens is 3. The summed E-state index contributed by atoms with van der Waals surface area (Å²) in [7, 11) is 0. The van der Waals surface area contributed by atoms with Crippen molar-refractivity contribution in [2.45, 2.75) is 26.7 Å².